The molecule has 1 unspecified atom stereocenters. The molecule has 0 aliphatic carbocycles. The van der Waals surface area contributed by atoms with Crippen LogP contribution in [0.5, 0.6) is 0 Å². The maximum atomic E-state index is 13.0. The highest BCUT2D eigenvalue weighted by Gasteiger charge is 2.17. The van der Waals surface area contributed by atoms with Crippen LogP contribution in [0.3, 0.4) is 0 Å². The van der Waals surface area contributed by atoms with Crippen molar-refractivity contribution in [1.29, 1.82) is 0 Å². The van der Waals surface area contributed by atoms with E-state index in [1.54, 1.807) is 6.92 Å². The number of halogens is 1. The van der Waals surface area contributed by atoms with E-state index in [2.05, 4.69) is 10.4 Å². The number of carbonyl (C=O) groups is 2. The number of benzene rings is 1. The second-order valence-electron chi connectivity index (χ2n) is 4.61. The second-order valence-corrected chi connectivity index (χ2v) is 4.61. The molecule has 0 aliphatic heterocycles. The zero-order valence-electron chi connectivity index (χ0n) is 11.5. The van der Waals surface area contributed by atoms with E-state index in [9.17, 15) is 14.0 Å². The van der Waals surface area contributed by atoms with Crippen molar-refractivity contribution in [1.82, 2.24) is 9.78 Å². The number of nitrogens with zero attached hydrogens (tertiary/aromatic N) is 2. The molecule has 1 aromatic heterocycles. The lowest BCUT2D eigenvalue weighted by atomic mass is 10.2. The van der Waals surface area contributed by atoms with Crippen LogP contribution in [0.15, 0.2) is 30.5 Å². The maximum absolute atomic E-state index is 13.0. The molecule has 1 heterocycles. The second kappa shape index (κ2) is 5.74. The summed E-state index contributed by atoms with van der Waals surface area (Å²) in [5.41, 5.74) is 1.15. The number of rotatable bonds is 4. The monoisotopic (exact) mass is 291 g/mol. The molecule has 0 spiro atoms. The van der Waals surface area contributed by atoms with Gasteiger partial charge >= 0.3 is 5.97 Å². The van der Waals surface area contributed by atoms with Crippen LogP contribution in [-0.4, -0.2) is 26.8 Å². The zero-order valence-corrected chi connectivity index (χ0v) is 11.5. The highest BCUT2D eigenvalue weighted by Crippen LogP contribution is 2.16. The van der Waals surface area contributed by atoms with Gasteiger partial charge in [0, 0.05) is 11.9 Å². The van der Waals surface area contributed by atoms with Gasteiger partial charge in [-0.05, 0) is 43.7 Å². The first-order chi connectivity index (χ1) is 9.88. The summed E-state index contributed by atoms with van der Waals surface area (Å²) in [6, 6.07) is 4.57. The Labute approximate surface area is 120 Å². The standard InChI is InChI=1S/C14H14FN3O3/c1-8-7-10(15)3-4-11(8)16-13(19)12-5-6-18(17-12)9(2)14(20)21/h3-7,9H,1-2H3,(H,16,19)(H,20,21). The van der Waals surface area contributed by atoms with Gasteiger partial charge in [0.25, 0.3) is 5.91 Å². The molecule has 2 aromatic rings. The topological polar surface area (TPSA) is 84.2 Å². The van der Waals surface area contributed by atoms with Crippen LogP contribution in [0.25, 0.3) is 0 Å². The molecule has 1 atom stereocenters. The maximum Gasteiger partial charge on any atom is 0.328 e. The Hall–Kier alpha value is -2.70. The normalized spacial score (nSPS) is 12.0. The van der Waals surface area contributed by atoms with E-state index in [4.69, 9.17) is 5.11 Å². The minimum atomic E-state index is -1.04. The smallest absolute Gasteiger partial charge is 0.328 e. The van der Waals surface area contributed by atoms with E-state index in [1.807, 2.05) is 0 Å². The number of hydrogen-bond donors (Lipinski definition) is 2. The number of aliphatic carboxylic acids is 1. The van der Waals surface area contributed by atoms with Crippen LogP contribution in [0.2, 0.25) is 0 Å². The fourth-order valence-electron chi connectivity index (χ4n) is 1.74. The van der Waals surface area contributed by atoms with Crippen molar-refractivity contribution in [3.05, 3.63) is 47.5 Å². The highest BCUT2D eigenvalue weighted by molar-refractivity contribution is 6.03. The van der Waals surface area contributed by atoms with E-state index in [-0.39, 0.29) is 11.5 Å². The van der Waals surface area contributed by atoms with Crippen molar-refractivity contribution < 1.29 is 19.1 Å². The third-order valence-electron chi connectivity index (χ3n) is 3.03. The number of carboxylic acid groups (broad SMARTS) is 1. The van der Waals surface area contributed by atoms with E-state index in [1.165, 1.54) is 42.1 Å². The third kappa shape index (κ3) is 3.25. The fraction of sp³-hybridized carbons (Fsp3) is 0.214. The number of hydrogen-bond acceptors (Lipinski definition) is 3. The molecule has 2 N–H and O–H groups in total. The summed E-state index contributed by atoms with van der Waals surface area (Å²) in [5.74, 6) is -1.91. The minimum Gasteiger partial charge on any atom is -0.480 e. The predicted octanol–water partition coefficient (Wildman–Crippen LogP) is 2.23. The summed E-state index contributed by atoms with van der Waals surface area (Å²) in [6.45, 7) is 3.13. The summed E-state index contributed by atoms with van der Waals surface area (Å²) in [7, 11) is 0. The molecule has 0 saturated carbocycles. The summed E-state index contributed by atoms with van der Waals surface area (Å²) in [4.78, 5) is 22.9. The lowest BCUT2D eigenvalue weighted by Crippen LogP contribution is -2.18. The Morgan fingerprint density at radius 3 is 2.71 bits per heavy atom. The van der Waals surface area contributed by atoms with Gasteiger partial charge in [-0.2, -0.15) is 5.10 Å². The fourth-order valence-corrected chi connectivity index (χ4v) is 1.74. The van der Waals surface area contributed by atoms with Crippen LogP contribution in [0.4, 0.5) is 10.1 Å². The summed E-state index contributed by atoms with van der Waals surface area (Å²) in [6.07, 6.45) is 1.42. The van der Waals surface area contributed by atoms with Gasteiger partial charge in [-0.25, -0.2) is 9.18 Å². The minimum absolute atomic E-state index is 0.0897. The van der Waals surface area contributed by atoms with Crippen molar-refractivity contribution in [2.24, 2.45) is 0 Å². The molecule has 2 rings (SSSR count). The zero-order chi connectivity index (χ0) is 15.6. The lowest BCUT2D eigenvalue weighted by molar-refractivity contribution is -0.140. The van der Waals surface area contributed by atoms with Crippen LogP contribution in [0.1, 0.15) is 29.0 Å². The SMILES string of the molecule is Cc1cc(F)ccc1NC(=O)c1ccn(C(C)C(=O)O)n1. The molecule has 1 amide bonds. The van der Waals surface area contributed by atoms with Crippen molar-refractivity contribution >= 4 is 17.6 Å². The van der Waals surface area contributed by atoms with E-state index in [0.717, 1.165) is 0 Å². The molecular weight excluding hydrogens is 277 g/mol. The first-order valence-corrected chi connectivity index (χ1v) is 6.24. The van der Waals surface area contributed by atoms with Gasteiger partial charge in [-0.15, -0.1) is 0 Å². The highest BCUT2D eigenvalue weighted by atomic mass is 19.1. The predicted molar refractivity (Wildman–Crippen MR) is 73.7 cm³/mol. The number of anilines is 1. The van der Waals surface area contributed by atoms with Crippen LogP contribution in [-0.2, 0) is 4.79 Å². The number of amides is 1. The quantitative estimate of drug-likeness (QED) is 0.904. The van der Waals surface area contributed by atoms with Crippen LogP contribution < -0.4 is 5.32 Å². The van der Waals surface area contributed by atoms with Crippen LogP contribution >= 0.6 is 0 Å². The number of nitrogens with one attached hydrogen (secondary N) is 1. The molecule has 0 radical (unpaired) electrons. The molecule has 21 heavy (non-hydrogen) atoms. The first kappa shape index (κ1) is 14.7. The molecule has 0 bridgehead atoms. The summed E-state index contributed by atoms with van der Waals surface area (Å²) in [5, 5.41) is 15.4. The van der Waals surface area contributed by atoms with Gasteiger partial charge in [0.15, 0.2) is 5.69 Å². The van der Waals surface area contributed by atoms with Crippen molar-refractivity contribution in [3.63, 3.8) is 0 Å². The third-order valence-corrected chi connectivity index (χ3v) is 3.03. The Bertz CT molecular complexity index is 697. The van der Waals surface area contributed by atoms with Gasteiger partial charge in [0.2, 0.25) is 0 Å². The Kier molecular flexibility index (Phi) is 4.02. The molecular formula is C14H14FN3O3. The largest absolute Gasteiger partial charge is 0.480 e. The molecule has 7 heteroatoms. The van der Waals surface area contributed by atoms with E-state index in [0.29, 0.717) is 11.3 Å². The Morgan fingerprint density at radius 2 is 2.10 bits per heavy atom. The Morgan fingerprint density at radius 1 is 1.38 bits per heavy atom. The molecule has 0 aliphatic rings. The Balaban J connectivity index is 2.15. The number of aryl methyl sites for hydroxylation is 1. The summed E-state index contributed by atoms with van der Waals surface area (Å²) >= 11 is 0. The molecule has 6 nitrogen and oxygen atoms in total. The number of carboxylic acids is 1. The molecule has 1 aromatic carbocycles. The van der Waals surface area contributed by atoms with Gasteiger partial charge in [0.05, 0.1) is 0 Å². The van der Waals surface area contributed by atoms with Gasteiger partial charge in [-0.1, -0.05) is 0 Å². The van der Waals surface area contributed by atoms with Gasteiger partial charge < -0.3 is 10.4 Å². The molecule has 0 fully saturated rings. The van der Waals surface area contributed by atoms with Crippen molar-refractivity contribution in [2.75, 3.05) is 5.32 Å². The van der Waals surface area contributed by atoms with Gasteiger partial charge in [0.1, 0.15) is 11.9 Å². The number of carbonyl (C=O) groups excluding carboxylic acids is 1. The van der Waals surface area contributed by atoms with Crippen molar-refractivity contribution in [2.45, 2.75) is 19.9 Å². The van der Waals surface area contributed by atoms with Gasteiger partial charge in [-0.3, -0.25) is 9.48 Å². The summed E-state index contributed by atoms with van der Waals surface area (Å²) < 4.78 is 14.2. The first-order valence-electron chi connectivity index (χ1n) is 6.24. The average molecular weight is 291 g/mol. The van der Waals surface area contributed by atoms with E-state index >= 15 is 0 Å². The van der Waals surface area contributed by atoms with Crippen LogP contribution in [0, 0.1) is 12.7 Å². The molecule has 0 saturated heterocycles. The average Bonchev–Trinajstić information content (AvgIpc) is 2.90. The lowest BCUT2D eigenvalue weighted by Gasteiger charge is -2.07. The number of aromatic nitrogens is 2. The molecule has 110 valence electrons. The van der Waals surface area contributed by atoms with E-state index < -0.39 is 17.9 Å². The van der Waals surface area contributed by atoms with Crippen molar-refractivity contribution in [3.8, 4) is 0 Å².